The van der Waals surface area contributed by atoms with Crippen LogP contribution in [0.15, 0.2) is 64.0 Å². The Balaban J connectivity index is 1.41. The molecule has 1 aliphatic heterocycles. The van der Waals surface area contributed by atoms with Gasteiger partial charge in [-0.25, -0.2) is 8.42 Å². The van der Waals surface area contributed by atoms with Crippen LogP contribution in [0.4, 0.5) is 5.69 Å². The number of nitro groups is 1. The average Bonchev–Trinajstić information content (AvgIpc) is 3.23. The zero-order valence-corrected chi connectivity index (χ0v) is 16.7. The molecule has 30 heavy (non-hydrogen) atoms. The quantitative estimate of drug-likeness (QED) is 0.431. The van der Waals surface area contributed by atoms with Crippen LogP contribution in [0.3, 0.4) is 0 Å². The van der Waals surface area contributed by atoms with E-state index in [1.807, 2.05) is 35.2 Å². The van der Waals surface area contributed by atoms with Gasteiger partial charge in [0.05, 0.1) is 11.5 Å². The lowest BCUT2D eigenvalue weighted by Gasteiger charge is -2.33. The number of sulfonamides is 1. The van der Waals surface area contributed by atoms with Crippen LogP contribution in [0.1, 0.15) is 5.82 Å². The number of benzene rings is 2. The van der Waals surface area contributed by atoms with Crippen LogP contribution in [0.5, 0.6) is 0 Å². The van der Waals surface area contributed by atoms with Gasteiger partial charge in [-0.15, -0.1) is 0 Å². The van der Waals surface area contributed by atoms with Gasteiger partial charge in [-0.1, -0.05) is 35.5 Å². The maximum Gasteiger partial charge on any atom is 0.289 e. The van der Waals surface area contributed by atoms with Gasteiger partial charge < -0.3 is 4.52 Å². The third-order valence-electron chi connectivity index (χ3n) is 4.86. The minimum atomic E-state index is -3.95. The van der Waals surface area contributed by atoms with Crippen molar-refractivity contribution in [3.63, 3.8) is 0 Å². The second-order valence-corrected chi connectivity index (χ2v) is 8.69. The largest absolute Gasteiger partial charge is 0.334 e. The lowest BCUT2D eigenvalue weighted by molar-refractivity contribution is -0.387. The summed E-state index contributed by atoms with van der Waals surface area (Å²) in [7, 11) is -3.95. The van der Waals surface area contributed by atoms with E-state index in [-0.39, 0.29) is 18.0 Å². The summed E-state index contributed by atoms with van der Waals surface area (Å²) in [6, 6.07) is 14.8. The van der Waals surface area contributed by atoms with Gasteiger partial charge >= 0.3 is 0 Å². The number of nitrogens with zero attached hydrogens (tertiary/aromatic N) is 5. The SMILES string of the molecule is O=[N+]([O-])c1ccccc1S(=O)(=O)N1CCN(Cc2noc(-c3ccccc3)n2)CC1. The van der Waals surface area contributed by atoms with Crippen LogP contribution < -0.4 is 0 Å². The van der Waals surface area contributed by atoms with Crippen LogP contribution in [-0.4, -0.2) is 58.9 Å². The van der Waals surface area contributed by atoms with Gasteiger partial charge in [0.15, 0.2) is 10.7 Å². The standard InChI is InChI=1S/C19H19N5O5S/c25-24(26)16-8-4-5-9-17(16)30(27,28)23-12-10-22(11-13-23)14-18-20-19(29-21-18)15-6-2-1-3-7-15/h1-9H,10-14H2. The third-order valence-corrected chi connectivity index (χ3v) is 6.81. The molecule has 1 fully saturated rings. The van der Waals surface area contributed by atoms with Gasteiger partial charge in [-0.05, 0) is 18.2 Å². The monoisotopic (exact) mass is 429 g/mol. The van der Waals surface area contributed by atoms with E-state index in [9.17, 15) is 18.5 Å². The molecule has 0 amide bonds. The molecular formula is C19H19N5O5S. The molecule has 0 radical (unpaired) electrons. The van der Waals surface area contributed by atoms with E-state index in [0.717, 1.165) is 5.56 Å². The molecular weight excluding hydrogens is 410 g/mol. The van der Waals surface area contributed by atoms with Gasteiger partial charge in [0, 0.05) is 37.8 Å². The number of hydrogen-bond donors (Lipinski definition) is 0. The molecule has 0 N–H and O–H groups in total. The second kappa shape index (κ2) is 8.30. The van der Waals surface area contributed by atoms with E-state index >= 15 is 0 Å². The molecule has 4 rings (SSSR count). The third kappa shape index (κ3) is 4.08. The summed E-state index contributed by atoms with van der Waals surface area (Å²) in [5.74, 6) is 0.951. The minimum absolute atomic E-state index is 0.220. The molecule has 0 bridgehead atoms. The van der Waals surface area contributed by atoms with Gasteiger partial charge in [0.2, 0.25) is 10.0 Å². The maximum absolute atomic E-state index is 12.9. The van der Waals surface area contributed by atoms with Crippen molar-refractivity contribution in [3.8, 4) is 11.5 Å². The Morgan fingerprint density at radius 3 is 2.37 bits per heavy atom. The van der Waals surface area contributed by atoms with Crippen LogP contribution in [0, 0.1) is 10.1 Å². The molecule has 0 aliphatic carbocycles. The van der Waals surface area contributed by atoms with E-state index in [1.165, 1.54) is 28.6 Å². The highest BCUT2D eigenvalue weighted by Gasteiger charge is 2.33. The topological polar surface area (TPSA) is 123 Å². The van der Waals surface area contributed by atoms with Crippen molar-refractivity contribution in [3.05, 3.63) is 70.5 Å². The number of rotatable bonds is 6. The zero-order chi connectivity index (χ0) is 21.1. The molecule has 2 aromatic carbocycles. The van der Waals surface area contributed by atoms with Gasteiger partial charge in [0.1, 0.15) is 0 Å². The highest BCUT2D eigenvalue weighted by molar-refractivity contribution is 7.89. The van der Waals surface area contributed by atoms with Gasteiger partial charge in [-0.3, -0.25) is 15.0 Å². The fourth-order valence-electron chi connectivity index (χ4n) is 3.31. The predicted octanol–water partition coefficient (Wildman–Crippen LogP) is 2.15. The van der Waals surface area contributed by atoms with Crippen LogP contribution in [-0.2, 0) is 16.6 Å². The Hall–Kier alpha value is -3.15. The molecule has 1 aliphatic rings. The van der Waals surface area contributed by atoms with E-state index in [2.05, 4.69) is 10.1 Å². The van der Waals surface area contributed by atoms with E-state index in [4.69, 9.17) is 4.52 Å². The van der Waals surface area contributed by atoms with Crippen LogP contribution in [0.25, 0.3) is 11.5 Å². The van der Waals surface area contributed by atoms with E-state index < -0.39 is 20.6 Å². The molecule has 0 atom stereocenters. The number of para-hydroxylation sites is 1. The number of hydrogen-bond acceptors (Lipinski definition) is 8. The molecule has 11 heteroatoms. The summed E-state index contributed by atoms with van der Waals surface area (Å²) in [6.45, 7) is 1.77. The summed E-state index contributed by atoms with van der Waals surface area (Å²) >= 11 is 0. The first kappa shape index (κ1) is 20.1. The summed E-state index contributed by atoms with van der Waals surface area (Å²) in [4.78, 5) is 16.7. The number of aromatic nitrogens is 2. The lowest BCUT2D eigenvalue weighted by Crippen LogP contribution is -2.48. The molecule has 156 valence electrons. The van der Waals surface area contributed by atoms with Crippen molar-refractivity contribution in [1.82, 2.24) is 19.3 Å². The zero-order valence-electron chi connectivity index (χ0n) is 15.9. The first-order valence-corrected chi connectivity index (χ1v) is 10.7. The van der Waals surface area contributed by atoms with Crippen molar-refractivity contribution in [1.29, 1.82) is 0 Å². The van der Waals surface area contributed by atoms with Crippen molar-refractivity contribution < 1.29 is 17.9 Å². The molecule has 10 nitrogen and oxygen atoms in total. The Labute approximate surface area is 172 Å². The Morgan fingerprint density at radius 1 is 1.00 bits per heavy atom. The fourth-order valence-corrected chi connectivity index (χ4v) is 4.89. The Bertz CT molecular complexity index is 1140. The summed E-state index contributed by atoms with van der Waals surface area (Å²) < 4.78 is 32.4. The average molecular weight is 429 g/mol. The summed E-state index contributed by atoms with van der Waals surface area (Å²) in [6.07, 6.45) is 0. The number of piperazine rings is 1. The summed E-state index contributed by atoms with van der Waals surface area (Å²) in [5.41, 5.74) is 0.414. The van der Waals surface area contributed by atoms with Crippen molar-refractivity contribution in [2.24, 2.45) is 0 Å². The molecule has 0 saturated carbocycles. The molecule has 0 spiro atoms. The van der Waals surface area contributed by atoms with Crippen molar-refractivity contribution in [2.75, 3.05) is 26.2 Å². The Kier molecular flexibility index (Phi) is 5.57. The molecule has 3 aromatic rings. The van der Waals surface area contributed by atoms with E-state index in [0.29, 0.717) is 31.3 Å². The molecule has 1 saturated heterocycles. The lowest BCUT2D eigenvalue weighted by atomic mass is 10.2. The van der Waals surface area contributed by atoms with Crippen molar-refractivity contribution >= 4 is 15.7 Å². The first-order valence-electron chi connectivity index (χ1n) is 9.29. The molecule has 0 unspecified atom stereocenters. The summed E-state index contributed by atoms with van der Waals surface area (Å²) in [5, 5.41) is 15.2. The van der Waals surface area contributed by atoms with Crippen LogP contribution >= 0.6 is 0 Å². The van der Waals surface area contributed by atoms with Gasteiger partial charge in [-0.2, -0.15) is 9.29 Å². The van der Waals surface area contributed by atoms with E-state index in [1.54, 1.807) is 0 Å². The van der Waals surface area contributed by atoms with Gasteiger partial charge in [0.25, 0.3) is 11.6 Å². The maximum atomic E-state index is 12.9. The highest BCUT2D eigenvalue weighted by Crippen LogP contribution is 2.27. The predicted molar refractivity (Wildman–Crippen MR) is 107 cm³/mol. The smallest absolute Gasteiger partial charge is 0.289 e. The van der Waals surface area contributed by atoms with Crippen molar-refractivity contribution in [2.45, 2.75) is 11.4 Å². The minimum Gasteiger partial charge on any atom is -0.334 e. The van der Waals surface area contributed by atoms with Crippen LogP contribution in [0.2, 0.25) is 0 Å². The highest BCUT2D eigenvalue weighted by atomic mass is 32.2. The second-order valence-electron chi connectivity index (χ2n) is 6.79. The number of nitro benzene ring substituents is 1. The molecule has 1 aromatic heterocycles. The molecule has 2 heterocycles. The first-order chi connectivity index (χ1) is 14.4. The Morgan fingerprint density at radius 2 is 1.67 bits per heavy atom. The normalized spacial score (nSPS) is 15.9. The fraction of sp³-hybridized carbons (Fsp3) is 0.263.